The summed E-state index contributed by atoms with van der Waals surface area (Å²) in [5, 5.41) is 1.09. The van der Waals surface area contributed by atoms with Crippen molar-refractivity contribution in [2.24, 2.45) is 0 Å². The molecule has 152 valence electrons. The van der Waals surface area contributed by atoms with Crippen LogP contribution in [0.1, 0.15) is 35.4 Å². The third-order valence-electron chi connectivity index (χ3n) is 5.19. The van der Waals surface area contributed by atoms with Crippen LogP contribution in [0, 0.1) is 0 Å². The first-order valence-corrected chi connectivity index (χ1v) is 10.9. The molecule has 1 aliphatic heterocycles. The molecule has 3 aromatic rings. The zero-order chi connectivity index (χ0) is 19.7. The van der Waals surface area contributed by atoms with Crippen LogP contribution < -0.4 is 21.5 Å². The predicted octanol–water partition coefficient (Wildman–Crippen LogP) is 3.13. The monoisotopic (exact) mass is 556 g/mol. The van der Waals surface area contributed by atoms with E-state index in [0.717, 1.165) is 47.1 Å². The minimum Gasteiger partial charge on any atom is -1.00 e. The van der Waals surface area contributed by atoms with Gasteiger partial charge >= 0.3 is 0 Å². The van der Waals surface area contributed by atoms with Gasteiger partial charge in [-0.2, -0.15) is 0 Å². The smallest absolute Gasteiger partial charge is 0.257 e. The molecule has 29 heavy (non-hydrogen) atoms. The van der Waals surface area contributed by atoms with E-state index in [1.54, 1.807) is 0 Å². The fourth-order valence-corrected chi connectivity index (χ4v) is 4.31. The van der Waals surface area contributed by atoms with E-state index in [9.17, 15) is 4.79 Å². The second kappa shape index (κ2) is 9.78. The highest BCUT2D eigenvalue weighted by Crippen LogP contribution is 2.30. The lowest BCUT2D eigenvalue weighted by Gasteiger charge is -2.04. The predicted molar refractivity (Wildman–Crippen MR) is 116 cm³/mol. The topological polar surface area (TPSA) is 25.9 Å². The van der Waals surface area contributed by atoms with E-state index < -0.39 is 0 Å². The number of halogens is 4. The van der Waals surface area contributed by atoms with Crippen molar-refractivity contribution in [2.45, 2.75) is 38.8 Å². The molecule has 0 amide bonds. The highest BCUT2D eigenvalue weighted by atomic mass is 79.9. The lowest BCUT2D eigenvalue weighted by atomic mass is 10.1. The fraction of sp³-hybridized carbons (Fsp3) is 0.273. The summed E-state index contributed by atoms with van der Waals surface area (Å²) in [4.78, 5) is 12.9. The minimum atomic E-state index is 0. The second-order valence-corrected chi connectivity index (χ2v) is 8.81. The summed E-state index contributed by atoms with van der Waals surface area (Å²) < 4.78 is 5.41. The van der Waals surface area contributed by atoms with E-state index in [2.05, 4.69) is 31.3 Å². The summed E-state index contributed by atoms with van der Waals surface area (Å²) >= 11 is 15.8. The summed E-state index contributed by atoms with van der Waals surface area (Å²) in [6.45, 7) is 1.28. The van der Waals surface area contributed by atoms with Crippen molar-refractivity contribution in [1.82, 2.24) is 4.57 Å². The molecule has 1 aliphatic rings. The molecule has 0 saturated heterocycles. The Morgan fingerprint density at radius 3 is 2.52 bits per heavy atom. The first kappa shape index (κ1) is 22.5. The van der Waals surface area contributed by atoms with Gasteiger partial charge in [-0.15, -0.1) is 0 Å². The molecule has 2 aromatic carbocycles. The van der Waals surface area contributed by atoms with Crippen LogP contribution in [0.5, 0.6) is 0 Å². The third kappa shape index (κ3) is 4.96. The van der Waals surface area contributed by atoms with Crippen molar-refractivity contribution < 1.29 is 26.3 Å². The molecule has 4 rings (SSSR count). The van der Waals surface area contributed by atoms with Gasteiger partial charge in [0.1, 0.15) is 6.20 Å². The van der Waals surface area contributed by atoms with Crippen molar-refractivity contribution >= 4 is 44.9 Å². The van der Waals surface area contributed by atoms with Gasteiger partial charge in [0.2, 0.25) is 5.78 Å². The van der Waals surface area contributed by atoms with Crippen LogP contribution in [0.25, 0.3) is 11.3 Å². The lowest BCUT2D eigenvalue weighted by Crippen LogP contribution is -3.00. The molecule has 0 unspecified atom stereocenters. The van der Waals surface area contributed by atoms with E-state index in [-0.39, 0.29) is 22.8 Å². The van der Waals surface area contributed by atoms with Gasteiger partial charge in [0, 0.05) is 22.0 Å². The molecule has 0 fully saturated rings. The maximum atomic E-state index is 12.9. The summed E-state index contributed by atoms with van der Waals surface area (Å²) in [6.07, 6.45) is 6.52. The van der Waals surface area contributed by atoms with Gasteiger partial charge in [-0.1, -0.05) is 51.3 Å². The first-order chi connectivity index (χ1) is 13.5. The molecular formula is C22H20Br2Cl2N2O. The average Bonchev–Trinajstić information content (AvgIpc) is 2.86. The van der Waals surface area contributed by atoms with E-state index >= 15 is 0 Å². The van der Waals surface area contributed by atoms with Crippen LogP contribution in [0.4, 0.5) is 0 Å². The van der Waals surface area contributed by atoms with Crippen LogP contribution in [-0.4, -0.2) is 10.4 Å². The van der Waals surface area contributed by atoms with E-state index in [1.165, 1.54) is 12.2 Å². The van der Waals surface area contributed by atoms with Gasteiger partial charge in [0.15, 0.2) is 12.2 Å². The third-order valence-corrected chi connectivity index (χ3v) is 6.46. The van der Waals surface area contributed by atoms with Crippen LogP contribution in [0.3, 0.4) is 0 Å². The number of nitrogens with zero attached hydrogens (tertiary/aromatic N) is 2. The Morgan fingerprint density at radius 2 is 1.79 bits per heavy atom. The van der Waals surface area contributed by atoms with Crippen molar-refractivity contribution in [3.63, 3.8) is 0 Å². The molecule has 0 bridgehead atoms. The van der Waals surface area contributed by atoms with E-state index in [1.807, 2.05) is 42.5 Å². The largest absolute Gasteiger partial charge is 1.00 e. The van der Waals surface area contributed by atoms with Crippen molar-refractivity contribution in [3.05, 3.63) is 74.6 Å². The van der Waals surface area contributed by atoms with E-state index in [4.69, 9.17) is 23.2 Å². The summed E-state index contributed by atoms with van der Waals surface area (Å²) in [7, 11) is 0. The molecule has 3 nitrogen and oxygen atoms in total. The maximum Gasteiger partial charge on any atom is 0.257 e. The van der Waals surface area contributed by atoms with Crippen LogP contribution in [0.15, 0.2) is 53.1 Å². The molecule has 2 heterocycles. The lowest BCUT2D eigenvalue weighted by molar-refractivity contribution is -0.690. The van der Waals surface area contributed by atoms with Gasteiger partial charge < -0.3 is 17.0 Å². The van der Waals surface area contributed by atoms with Crippen LogP contribution >= 0.6 is 39.1 Å². The Labute approximate surface area is 199 Å². The van der Waals surface area contributed by atoms with Crippen LogP contribution in [0.2, 0.25) is 10.0 Å². The molecule has 0 aliphatic carbocycles. The SMILES string of the molecule is O=C(C[n+]1cc(-c2ccc(Cl)c(Cl)c2)n2c1CCCCC2)c1ccc(Br)cc1.[Br-]. The summed E-state index contributed by atoms with van der Waals surface area (Å²) in [6, 6.07) is 13.2. The molecule has 0 N–H and O–H groups in total. The van der Waals surface area contributed by atoms with Crippen molar-refractivity contribution in [1.29, 1.82) is 0 Å². The first-order valence-electron chi connectivity index (χ1n) is 9.39. The minimum absolute atomic E-state index is 0. The zero-order valence-corrected chi connectivity index (χ0v) is 20.4. The normalized spacial score (nSPS) is 13.3. The molecule has 1 aromatic heterocycles. The Balaban J connectivity index is 0.00000240. The molecule has 7 heteroatoms. The number of hydrogen-bond donors (Lipinski definition) is 0. The number of rotatable bonds is 4. The Bertz CT molecular complexity index is 1030. The Kier molecular flexibility index (Phi) is 7.60. The van der Waals surface area contributed by atoms with Gasteiger partial charge in [-0.3, -0.25) is 4.79 Å². The highest BCUT2D eigenvalue weighted by molar-refractivity contribution is 9.10. The fourth-order valence-electron chi connectivity index (χ4n) is 3.75. The Morgan fingerprint density at radius 1 is 1.03 bits per heavy atom. The van der Waals surface area contributed by atoms with Gasteiger partial charge in [0.05, 0.1) is 16.6 Å². The molecule has 0 atom stereocenters. The summed E-state index contributed by atoms with van der Waals surface area (Å²) in [5.74, 6) is 1.31. The Hall–Kier alpha value is -1.14. The number of hydrogen-bond acceptors (Lipinski definition) is 1. The highest BCUT2D eigenvalue weighted by Gasteiger charge is 2.27. The van der Waals surface area contributed by atoms with Gasteiger partial charge in [-0.05, 0) is 49.6 Å². The maximum absolute atomic E-state index is 12.9. The number of Topliss-reactive ketones (excluding diaryl/α,β-unsaturated/α-hetero) is 1. The number of aromatic nitrogens is 2. The van der Waals surface area contributed by atoms with Gasteiger partial charge in [-0.25, -0.2) is 9.13 Å². The number of carbonyl (C=O) groups is 1. The molecular weight excluding hydrogens is 539 g/mol. The number of carbonyl (C=O) groups excluding carboxylic acids is 1. The molecule has 0 saturated carbocycles. The zero-order valence-electron chi connectivity index (χ0n) is 15.7. The van der Waals surface area contributed by atoms with Crippen molar-refractivity contribution in [3.8, 4) is 11.3 Å². The molecule has 0 spiro atoms. The average molecular weight is 559 g/mol. The molecule has 0 radical (unpaired) electrons. The quantitative estimate of drug-likeness (QED) is 0.357. The standard InChI is InChI=1S/C22H20BrCl2N2O.BrH/c23-17-8-5-15(6-9-17)21(28)14-26-13-20(16-7-10-18(24)19(25)12-16)27-11-3-1-2-4-22(26)27;/h5-10,12-13H,1-4,11,14H2;1H/q+1;/p-1. The number of imidazole rings is 1. The number of benzene rings is 2. The van der Waals surface area contributed by atoms with Crippen LogP contribution in [-0.2, 0) is 19.5 Å². The van der Waals surface area contributed by atoms with Crippen molar-refractivity contribution in [2.75, 3.05) is 0 Å². The number of ketones is 1. The second-order valence-electron chi connectivity index (χ2n) is 7.08. The summed E-state index contributed by atoms with van der Waals surface area (Å²) in [5.41, 5.74) is 2.83. The van der Waals surface area contributed by atoms with E-state index in [0.29, 0.717) is 16.6 Å². The van der Waals surface area contributed by atoms with Gasteiger partial charge in [0.25, 0.3) is 5.82 Å². The number of fused-ring (bicyclic) bond motifs is 1.